The first kappa shape index (κ1) is 19.1. The van der Waals surface area contributed by atoms with Crippen LogP contribution in [0.3, 0.4) is 0 Å². The minimum atomic E-state index is -0.233. The lowest BCUT2D eigenvalue weighted by Gasteiger charge is -2.34. The highest BCUT2D eigenvalue weighted by molar-refractivity contribution is 5.77. The van der Waals surface area contributed by atoms with Crippen LogP contribution in [0.2, 0.25) is 0 Å². The number of rotatable bonds is 6. The molecule has 0 spiro atoms. The summed E-state index contributed by atoms with van der Waals surface area (Å²) in [6, 6.07) is 13.8. The summed E-state index contributed by atoms with van der Waals surface area (Å²) in [6.07, 6.45) is 1.99. The smallest absolute Gasteiger partial charge is 0.259 e. The van der Waals surface area contributed by atoms with Gasteiger partial charge in [-0.2, -0.15) is 4.98 Å². The summed E-state index contributed by atoms with van der Waals surface area (Å²) in [4.78, 5) is 17.7. The van der Waals surface area contributed by atoms with Crippen molar-refractivity contribution >= 4 is 5.91 Å². The number of carbonyl (C=O) groups is 1. The van der Waals surface area contributed by atoms with Crippen molar-refractivity contribution in [1.82, 2.24) is 15.0 Å². The van der Waals surface area contributed by atoms with Crippen LogP contribution in [0.4, 0.5) is 4.39 Å². The summed E-state index contributed by atoms with van der Waals surface area (Å²) in [7, 11) is 3.37. The van der Waals surface area contributed by atoms with Crippen LogP contribution < -0.4 is 4.74 Å². The molecule has 1 saturated carbocycles. The monoisotopic (exact) mass is 395 g/mol. The van der Waals surface area contributed by atoms with Crippen molar-refractivity contribution in [2.75, 3.05) is 20.7 Å². The number of nitrogens with zero attached hydrogens (tertiary/aromatic N) is 3. The van der Waals surface area contributed by atoms with Crippen molar-refractivity contribution < 1.29 is 18.4 Å². The fraction of sp³-hybridized carbons (Fsp3) is 0.318. The van der Waals surface area contributed by atoms with Gasteiger partial charge in [0.1, 0.15) is 11.6 Å². The summed E-state index contributed by atoms with van der Waals surface area (Å²) in [6.45, 7) is -0.00877. The highest BCUT2D eigenvalue weighted by Crippen LogP contribution is 2.48. The van der Waals surface area contributed by atoms with Crippen LogP contribution in [0.5, 0.6) is 5.75 Å². The molecule has 6 nitrogen and oxygen atoms in total. The van der Waals surface area contributed by atoms with E-state index in [4.69, 9.17) is 9.26 Å². The Morgan fingerprint density at radius 2 is 1.79 bits per heavy atom. The first-order valence-corrected chi connectivity index (χ1v) is 9.53. The molecule has 1 amide bonds. The lowest BCUT2D eigenvalue weighted by Crippen LogP contribution is -2.27. The average Bonchev–Trinajstić information content (AvgIpc) is 3.16. The van der Waals surface area contributed by atoms with Crippen molar-refractivity contribution in [2.24, 2.45) is 0 Å². The van der Waals surface area contributed by atoms with Gasteiger partial charge in [0.2, 0.25) is 11.7 Å². The van der Waals surface area contributed by atoms with Gasteiger partial charge in [-0.3, -0.25) is 4.79 Å². The van der Waals surface area contributed by atoms with E-state index >= 15 is 0 Å². The van der Waals surface area contributed by atoms with Gasteiger partial charge in [0.25, 0.3) is 5.91 Å². The Kier molecular flexibility index (Phi) is 5.29. The zero-order chi connectivity index (χ0) is 20.4. The second kappa shape index (κ2) is 8.03. The minimum absolute atomic E-state index is 0.00877. The second-order valence-electron chi connectivity index (χ2n) is 7.40. The molecule has 1 aliphatic carbocycles. The van der Waals surface area contributed by atoms with Crippen LogP contribution in [-0.2, 0) is 4.79 Å². The van der Waals surface area contributed by atoms with Gasteiger partial charge in [0.05, 0.1) is 0 Å². The van der Waals surface area contributed by atoms with Crippen LogP contribution in [0.15, 0.2) is 53.1 Å². The molecule has 0 radical (unpaired) electrons. The Morgan fingerprint density at radius 1 is 1.10 bits per heavy atom. The van der Waals surface area contributed by atoms with Gasteiger partial charge in [-0.15, -0.1) is 0 Å². The molecule has 7 heteroatoms. The van der Waals surface area contributed by atoms with E-state index in [0.29, 0.717) is 17.5 Å². The van der Waals surface area contributed by atoms with Crippen molar-refractivity contribution in [2.45, 2.75) is 24.7 Å². The Morgan fingerprint density at radius 3 is 2.41 bits per heavy atom. The van der Waals surface area contributed by atoms with Crippen LogP contribution >= 0.6 is 0 Å². The number of carbonyl (C=O) groups excluding carboxylic acids is 1. The van der Waals surface area contributed by atoms with Gasteiger partial charge in [0.15, 0.2) is 6.61 Å². The van der Waals surface area contributed by atoms with E-state index in [1.807, 2.05) is 24.3 Å². The highest BCUT2D eigenvalue weighted by atomic mass is 19.1. The van der Waals surface area contributed by atoms with Crippen LogP contribution in [-0.4, -0.2) is 41.6 Å². The van der Waals surface area contributed by atoms with E-state index in [-0.39, 0.29) is 30.2 Å². The van der Waals surface area contributed by atoms with E-state index in [1.165, 1.54) is 17.0 Å². The lowest BCUT2D eigenvalue weighted by molar-refractivity contribution is -0.130. The molecular weight excluding hydrogens is 373 g/mol. The zero-order valence-electron chi connectivity index (χ0n) is 16.3. The molecule has 4 rings (SSSR count). The average molecular weight is 395 g/mol. The molecule has 0 aliphatic heterocycles. The normalized spacial score (nSPS) is 18.2. The number of halogens is 1. The van der Waals surface area contributed by atoms with Gasteiger partial charge >= 0.3 is 0 Å². The third kappa shape index (κ3) is 4.13. The van der Waals surface area contributed by atoms with Gasteiger partial charge in [0, 0.05) is 25.6 Å². The predicted molar refractivity (Wildman–Crippen MR) is 105 cm³/mol. The molecule has 150 valence electrons. The Hall–Kier alpha value is -3.22. The first-order valence-electron chi connectivity index (χ1n) is 9.53. The molecule has 0 bridgehead atoms. The molecule has 1 aliphatic rings. The van der Waals surface area contributed by atoms with Crippen LogP contribution in [0, 0.1) is 5.82 Å². The molecule has 0 N–H and O–H groups in total. The lowest BCUT2D eigenvalue weighted by atomic mass is 9.70. The molecule has 1 heterocycles. The van der Waals surface area contributed by atoms with Crippen LogP contribution in [0.25, 0.3) is 11.4 Å². The van der Waals surface area contributed by atoms with Crippen molar-refractivity contribution in [1.29, 1.82) is 0 Å². The summed E-state index contributed by atoms with van der Waals surface area (Å²) < 4.78 is 24.2. The Labute approximate surface area is 168 Å². The quantitative estimate of drug-likeness (QED) is 0.631. The zero-order valence-corrected chi connectivity index (χ0v) is 16.3. The number of benzene rings is 2. The van der Waals surface area contributed by atoms with Crippen molar-refractivity contribution in [3.63, 3.8) is 0 Å². The Balaban J connectivity index is 1.42. The molecule has 3 aromatic rings. The standard InChI is InChI=1S/C22H22FN3O3/c1-26(2)20(27)13-28-17-9-5-15(6-10-17)21-24-22(29-25-21)19-12-11-18(19)14-3-7-16(23)8-4-14/h3-10,18-19H,11-13H2,1-2H3. The van der Waals surface area contributed by atoms with E-state index in [1.54, 1.807) is 26.2 Å². The minimum Gasteiger partial charge on any atom is -0.484 e. The molecular formula is C22H22FN3O3. The fourth-order valence-electron chi connectivity index (χ4n) is 3.38. The maximum absolute atomic E-state index is 13.2. The van der Waals surface area contributed by atoms with E-state index in [0.717, 1.165) is 24.0 Å². The summed E-state index contributed by atoms with van der Waals surface area (Å²) >= 11 is 0. The molecule has 2 atom stereocenters. The SMILES string of the molecule is CN(C)C(=O)COc1ccc(-c2noc(C3CCC3c3ccc(F)cc3)n2)cc1. The number of hydrogen-bond acceptors (Lipinski definition) is 5. The summed E-state index contributed by atoms with van der Waals surface area (Å²) in [5, 5.41) is 4.11. The largest absolute Gasteiger partial charge is 0.484 e. The number of hydrogen-bond donors (Lipinski definition) is 0. The number of aromatic nitrogens is 2. The van der Waals surface area contributed by atoms with Crippen molar-refractivity contribution in [3.05, 3.63) is 65.8 Å². The number of amides is 1. The molecule has 1 aromatic heterocycles. The maximum atomic E-state index is 13.2. The number of ether oxygens (including phenoxy) is 1. The predicted octanol–water partition coefficient (Wildman–Crippen LogP) is 4.00. The molecule has 29 heavy (non-hydrogen) atoms. The Bertz CT molecular complexity index is 983. The highest BCUT2D eigenvalue weighted by Gasteiger charge is 2.37. The molecule has 2 unspecified atom stereocenters. The van der Waals surface area contributed by atoms with Crippen LogP contribution in [0.1, 0.15) is 36.1 Å². The van der Waals surface area contributed by atoms with Gasteiger partial charge in [-0.25, -0.2) is 4.39 Å². The first-order chi connectivity index (χ1) is 14.0. The summed E-state index contributed by atoms with van der Waals surface area (Å²) in [5.41, 5.74) is 1.90. The topological polar surface area (TPSA) is 68.5 Å². The molecule has 1 fully saturated rings. The van der Waals surface area contributed by atoms with Gasteiger partial charge < -0.3 is 14.2 Å². The van der Waals surface area contributed by atoms with E-state index in [9.17, 15) is 9.18 Å². The van der Waals surface area contributed by atoms with Gasteiger partial charge in [-0.1, -0.05) is 17.3 Å². The third-order valence-electron chi connectivity index (χ3n) is 5.31. The summed E-state index contributed by atoms with van der Waals surface area (Å²) in [5.74, 6) is 1.81. The molecule has 2 aromatic carbocycles. The maximum Gasteiger partial charge on any atom is 0.259 e. The van der Waals surface area contributed by atoms with E-state index < -0.39 is 0 Å². The van der Waals surface area contributed by atoms with Gasteiger partial charge in [-0.05, 0) is 60.7 Å². The fourth-order valence-corrected chi connectivity index (χ4v) is 3.38. The second-order valence-corrected chi connectivity index (χ2v) is 7.40. The van der Waals surface area contributed by atoms with Crippen molar-refractivity contribution in [3.8, 4) is 17.1 Å². The third-order valence-corrected chi connectivity index (χ3v) is 5.31. The van der Waals surface area contributed by atoms with E-state index in [2.05, 4.69) is 10.1 Å². The number of likely N-dealkylation sites (N-methyl/N-ethyl adjacent to an activating group) is 1. The molecule has 0 saturated heterocycles.